The highest BCUT2D eigenvalue weighted by Crippen LogP contribution is 2.36. The second-order valence-corrected chi connectivity index (χ2v) is 6.67. The van der Waals surface area contributed by atoms with Gasteiger partial charge in [0.05, 0.1) is 11.0 Å². The number of non-ortho nitro benzene ring substituents is 1. The Morgan fingerprint density at radius 3 is 2.55 bits per heavy atom. The maximum absolute atomic E-state index is 11.0. The first-order valence-electron chi connectivity index (χ1n) is 9.04. The van der Waals surface area contributed by atoms with Gasteiger partial charge in [-0.3, -0.25) is 15.1 Å². The predicted molar refractivity (Wildman–Crippen MR) is 111 cm³/mol. The lowest BCUT2D eigenvalue weighted by Crippen LogP contribution is -2.14. The van der Waals surface area contributed by atoms with Crippen molar-refractivity contribution in [1.29, 1.82) is 0 Å². The van der Waals surface area contributed by atoms with Gasteiger partial charge in [0, 0.05) is 35.0 Å². The largest absolute Gasteiger partial charge is 0.505 e. The molecule has 1 atom stereocenters. The molecule has 0 aliphatic heterocycles. The van der Waals surface area contributed by atoms with Crippen LogP contribution in [-0.2, 0) is 0 Å². The van der Waals surface area contributed by atoms with Crippen LogP contribution in [0.15, 0.2) is 72.9 Å². The first-order valence-corrected chi connectivity index (χ1v) is 9.04. The Labute approximate surface area is 166 Å². The molecule has 0 aliphatic carbocycles. The number of anilines is 1. The fourth-order valence-electron chi connectivity index (χ4n) is 3.28. The standard InChI is InChI=1S/C22H18N4O3/c1-14-4-2-6-19(24-14)25-20(16-7-10-17(11-8-16)26(28)29)18-12-9-15-5-3-13-23-21(15)22(18)27/h2-13,20,27H,1H3,(H,24,25). The zero-order chi connectivity index (χ0) is 20.4. The molecule has 2 aromatic carbocycles. The van der Waals surface area contributed by atoms with E-state index in [2.05, 4.69) is 15.3 Å². The minimum Gasteiger partial charge on any atom is -0.505 e. The van der Waals surface area contributed by atoms with Gasteiger partial charge in [-0.15, -0.1) is 0 Å². The lowest BCUT2D eigenvalue weighted by molar-refractivity contribution is -0.384. The van der Waals surface area contributed by atoms with Crippen molar-refractivity contribution in [2.45, 2.75) is 13.0 Å². The van der Waals surface area contributed by atoms with Crippen LogP contribution in [0.25, 0.3) is 10.9 Å². The van der Waals surface area contributed by atoms with Crippen molar-refractivity contribution in [3.8, 4) is 5.75 Å². The number of nitro groups is 1. The zero-order valence-electron chi connectivity index (χ0n) is 15.6. The molecule has 7 heteroatoms. The minimum absolute atomic E-state index is 0.00517. The van der Waals surface area contributed by atoms with E-state index in [-0.39, 0.29) is 11.4 Å². The van der Waals surface area contributed by atoms with E-state index in [9.17, 15) is 15.2 Å². The molecule has 4 aromatic rings. The Bertz CT molecular complexity index is 1190. The quantitative estimate of drug-likeness (QED) is 0.379. The normalized spacial score (nSPS) is 11.9. The molecule has 0 fully saturated rings. The van der Waals surface area contributed by atoms with Crippen LogP contribution >= 0.6 is 0 Å². The molecule has 1 unspecified atom stereocenters. The summed E-state index contributed by atoms with van der Waals surface area (Å²) in [6.45, 7) is 1.89. The first kappa shape index (κ1) is 18.4. The van der Waals surface area contributed by atoms with Gasteiger partial charge in [-0.2, -0.15) is 0 Å². The smallest absolute Gasteiger partial charge is 0.269 e. The van der Waals surface area contributed by atoms with Gasteiger partial charge in [-0.25, -0.2) is 4.98 Å². The van der Waals surface area contributed by atoms with Gasteiger partial charge in [0.1, 0.15) is 17.1 Å². The van der Waals surface area contributed by atoms with E-state index < -0.39 is 11.0 Å². The van der Waals surface area contributed by atoms with Crippen LogP contribution in [0.4, 0.5) is 11.5 Å². The number of aromatic hydroxyl groups is 1. The highest BCUT2D eigenvalue weighted by Gasteiger charge is 2.21. The van der Waals surface area contributed by atoms with Crippen LogP contribution in [0.3, 0.4) is 0 Å². The molecule has 0 amide bonds. The molecule has 0 bridgehead atoms. The second-order valence-electron chi connectivity index (χ2n) is 6.67. The van der Waals surface area contributed by atoms with Gasteiger partial charge in [-0.1, -0.05) is 24.3 Å². The van der Waals surface area contributed by atoms with Crippen molar-refractivity contribution in [3.63, 3.8) is 0 Å². The van der Waals surface area contributed by atoms with Crippen LogP contribution in [0, 0.1) is 17.0 Å². The molecule has 29 heavy (non-hydrogen) atoms. The molecule has 0 saturated carbocycles. The molecule has 0 saturated heterocycles. The number of nitrogens with one attached hydrogen (secondary N) is 1. The number of aromatic nitrogens is 2. The second kappa shape index (κ2) is 7.55. The summed E-state index contributed by atoms with van der Waals surface area (Å²) >= 11 is 0. The lowest BCUT2D eigenvalue weighted by atomic mass is 9.96. The summed E-state index contributed by atoms with van der Waals surface area (Å²) < 4.78 is 0. The Morgan fingerprint density at radius 2 is 1.83 bits per heavy atom. The summed E-state index contributed by atoms with van der Waals surface area (Å²) in [6.07, 6.45) is 1.63. The van der Waals surface area contributed by atoms with Crippen molar-refractivity contribution >= 4 is 22.4 Å². The minimum atomic E-state index is -0.475. The highest BCUT2D eigenvalue weighted by molar-refractivity contribution is 5.86. The molecule has 144 valence electrons. The molecule has 2 aromatic heterocycles. The summed E-state index contributed by atoms with van der Waals surface area (Å²) in [5.74, 6) is 0.695. The van der Waals surface area contributed by atoms with Gasteiger partial charge >= 0.3 is 0 Å². The number of aryl methyl sites for hydroxylation is 1. The molecule has 0 spiro atoms. The Hall–Kier alpha value is -4.00. The third-order valence-corrected chi connectivity index (χ3v) is 4.71. The Morgan fingerprint density at radius 1 is 1.03 bits per heavy atom. The third-order valence-electron chi connectivity index (χ3n) is 4.71. The molecule has 2 heterocycles. The summed E-state index contributed by atoms with van der Waals surface area (Å²) in [5, 5.41) is 26.1. The van der Waals surface area contributed by atoms with E-state index in [1.807, 2.05) is 49.4 Å². The molecular weight excluding hydrogens is 368 g/mol. The fourth-order valence-corrected chi connectivity index (χ4v) is 3.28. The van der Waals surface area contributed by atoms with Crippen molar-refractivity contribution < 1.29 is 10.0 Å². The molecule has 0 aliphatic rings. The van der Waals surface area contributed by atoms with Crippen LogP contribution < -0.4 is 5.32 Å². The molecule has 4 rings (SSSR count). The maximum atomic E-state index is 11.0. The van der Waals surface area contributed by atoms with E-state index in [0.29, 0.717) is 16.9 Å². The lowest BCUT2D eigenvalue weighted by Gasteiger charge is -2.22. The number of nitrogens with zero attached hydrogens (tertiary/aromatic N) is 3. The Balaban J connectivity index is 1.83. The molecule has 7 nitrogen and oxygen atoms in total. The average molecular weight is 386 g/mol. The topological polar surface area (TPSA) is 101 Å². The van der Waals surface area contributed by atoms with Crippen molar-refractivity contribution in [3.05, 3.63) is 99.9 Å². The van der Waals surface area contributed by atoms with Crippen LogP contribution in [0.2, 0.25) is 0 Å². The summed E-state index contributed by atoms with van der Waals surface area (Å²) in [6, 6.07) is 18.8. The summed E-state index contributed by atoms with van der Waals surface area (Å²) in [5.41, 5.74) is 2.71. The first-order chi connectivity index (χ1) is 14.0. The van der Waals surface area contributed by atoms with Gasteiger partial charge in [-0.05, 0) is 42.8 Å². The number of benzene rings is 2. The number of rotatable bonds is 5. The molecule has 0 radical (unpaired) electrons. The predicted octanol–water partition coefficient (Wildman–Crippen LogP) is 4.75. The number of fused-ring (bicyclic) bond motifs is 1. The number of pyridine rings is 2. The third kappa shape index (κ3) is 3.70. The van der Waals surface area contributed by atoms with Crippen molar-refractivity contribution in [1.82, 2.24) is 9.97 Å². The highest BCUT2D eigenvalue weighted by atomic mass is 16.6. The van der Waals surface area contributed by atoms with E-state index in [4.69, 9.17) is 0 Å². The number of phenolic OH excluding ortho intramolecular Hbond substituents is 1. The number of phenols is 1. The van der Waals surface area contributed by atoms with Crippen LogP contribution in [0.5, 0.6) is 5.75 Å². The van der Waals surface area contributed by atoms with Gasteiger partial charge in [0.15, 0.2) is 0 Å². The molecule has 2 N–H and O–H groups in total. The summed E-state index contributed by atoms with van der Waals surface area (Å²) in [4.78, 5) is 19.4. The van der Waals surface area contributed by atoms with Crippen LogP contribution in [0.1, 0.15) is 22.9 Å². The van der Waals surface area contributed by atoms with Gasteiger partial charge < -0.3 is 10.4 Å². The van der Waals surface area contributed by atoms with E-state index in [1.54, 1.807) is 18.3 Å². The van der Waals surface area contributed by atoms with E-state index in [0.717, 1.165) is 16.6 Å². The number of nitro benzene ring substituents is 1. The maximum Gasteiger partial charge on any atom is 0.269 e. The van der Waals surface area contributed by atoms with Crippen molar-refractivity contribution in [2.75, 3.05) is 5.32 Å². The zero-order valence-corrected chi connectivity index (χ0v) is 15.6. The van der Waals surface area contributed by atoms with E-state index >= 15 is 0 Å². The SMILES string of the molecule is Cc1cccc(NC(c2ccc([N+](=O)[O-])cc2)c2ccc3cccnc3c2O)n1. The van der Waals surface area contributed by atoms with Crippen molar-refractivity contribution in [2.24, 2.45) is 0 Å². The summed E-state index contributed by atoms with van der Waals surface area (Å²) in [7, 11) is 0. The van der Waals surface area contributed by atoms with Gasteiger partial charge in [0.25, 0.3) is 5.69 Å². The van der Waals surface area contributed by atoms with Gasteiger partial charge in [0.2, 0.25) is 0 Å². The van der Waals surface area contributed by atoms with E-state index in [1.165, 1.54) is 12.1 Å². The average Bonchev–Trinajstić information content (AvgIpc) is 2.73. The number of hydrogen-bond donors (Lipinski definition) is 2. The fraction of sp³-hybridized carbons (Fsp3) is 0.0909. The monoisotopic (exact) mass is 386 g/mol. The van der Waals surface area contributed by atoms with Crippen LogP contribution in [-0.4, -0.2) is 20.0 Å². The number of hydrogen-bond acceptors (Lipinski definition) is 6. The molecular formula is C22H18N4O3. The Kier molecular flexibility index (Phi) is 4.78.